The van der Waals surface area contributed by atoms with Crippen molar-refractivity contribution < 1.29 is 24.3 Å². The van der Waals surface area contributed by atoms with Crippen molar-refractivity contribution >= 4 is 40.6 Å². The number of carboxylic acids is 1. The Hall–Kier alpha value is -4.92. The molecule has 4 unspecified atom stereocenters. The highest BCUT2D eigenvalue weighted by molar-refractivity contribution is 5.94. The largest absolute Gasteiger partial charge is 0.480 e. The number of aromatic amines is 2. The fraction of sp³-hybridized carbons (Fsp3) is 0.448. The summed E-state index contributed by atoms with van der Waals surface area (Å²) >= 11 is 0. The first kappa shape index (κ1) is 33.6. The first-order chi connectivity index (χ1) is 20.9. The molecule has 3 amide bonds. The van der Waals surface area contributed by atoms with Gasteiger partial charge in [-0.25, -0.2) is 9.78 Å². The third kappa shape index (κ3) is 10.1. The molecule has 15 heteroatoms. The van der Waals surface area contributed by atoms with Crippen molar-refractivity contribution in [3.05, 3.63) is 54.2 Å². The van der Waals surface area contributed by atoms with Crippen LogP contribution in [0.15, 0.2) is 48.0 Å². The number of aliphatic carboxylic acids is 1. The van der Waals surface area contributed by atoms with Gasteiger partial charge in [0, 0.05) is 42.0 Å². The van der Waals surface area contributed by atoms with Gasteiger partial charge >= 0.3 is 5.97 Å². The van der Waals surface area contributed by atoms with Crippen LogP contribution in [0.5, 0.6) is 0 Å². The predicted octanol–water partition coefficient (Wildman–Crippen LogP) is -0.358. The monoisotopic (exact) mass is 610 g/mol. The van der Waals surface area contributed by atoms with Gasteiger partial charge in [-0.3, -0.25) is 19.4 Å². The lowest BCUT2D eigenvalue weighted by atomic mass is 10.0. The molecule has 15 nitrogen and oxygen atoms in total. The molecular formula is C29H42N10O5. The summed E-state index contributed by atoms with van der Waals surface area (Å²) in [5.41, 5.74) is 19.4. The van der Waals surface area contributed by atoms with Gasteiger partial charge in [0.1, 0.15) is 18.1 Å². The zero-order valence-electron chi connectivity index (χ0n) is 24.9. The number of nitrogens with one attached hydrogen (secondary N) is 5. The summed E-state index contributed by atoms with van der Waals surface area (Å²) < 4.78 is 0. The molecule has 0 aliphatic carbocycles. The predicted molar refractivity (Wildman–Crippen MR) is 165 cm³/mol. The number of nitrogens with two attached hydrogens (primary N) is 3. The zero-order valence-corrected chi connectivity index (χ0v) is 24.9. The van der Waals surface area contributed by atoms with Crippen molar-refractivity contribution in [1.29, 1.82) is 0 Å². The molecule has 238 valence electrons. The second-order valence-corrected chi connectivity index (χ2v) is 11.1. The average molecular weight is 611 g/mol. The van der Waals surface area contributed by atoms with E-state index in [9.17, 15) is 24.3 Å². The number of H-pyrrole nitrogens is 2. The van der Waals surface area contributed by atoms with Crippen LogP contribution < -0.4 is 33.2 Å². The molecular weight excluding hydrogens is 568 g/mol. The van der Waals surface area contributed by atoms with Gasteiger partial charge in [-0.15, -0.1) is 0 Å². The highest BCUT2D eigenvalue weighted by Crippen LogP contribution is 2.19. The van der Waals surface area contributed by atoms with Crippen molar-refractivity contribution in [2.24, 2.45) is 28.1 Å². The van der Waals surface area contributed by atoms with Crippen molar-refractivity contribution in [1.82, 2.24) is 30.9 Å². The van der Waals surface area contributed by atoms with Gasteiger partial charge in [-0.1, -0.05) is 32.0 Å². The van der Waals surface area contributed by atoms with Crippen molar-refractivity contribution in [2.75, 3.05) is 6.54 Å². The highest BCUT2D eigenvalue weighted by Gasteiger charge is 2.31. The molecule has 0 aliphatic heterocycles. The lowest BCUT2D eigenvalue weighted by molar-refractivity contribution is -0.142. The number of imidazole rings is 1. The van der Waals surface area contributed by atoms with Crippen LogP contribution in [-0.2, 0) is 32.0 Å². The Labute approximate surface area is 254 Å². The number of hydrogen-bond donors (Lipinski definition) is 9. The number of hydrogen-bond acceptors (Lipinski definition) is 7. The number of fused-ring (bicyclic) bond motifs is 1. The summed E-state index contributed by atoms with van der Waals surface area (Å²) in [5.74, 6) is -3.22. The average Bonchev–Trinajstić information content (AvgIpc) is 3.63. The Morgan fingerprint density at radius 1 is 0.955 bits per heavy atom. The number of aliphatic imine (C=N–C) groups is 1. The Morgan fingerprint density at radius 2 is 1.64 bits per heavy atom. The van der Waals surface area contributed by atoms with E-state index in [0.29, 0.717) is 12.1 Å². The Balaban J connectivity index is 1.76. The lowest BCUT2D eigenvalue weighted by Gasteiger charge is -2.25. The molecule has 0 aliphatic rings. The Morgan fingerprint density at radius 3 is 2.30 bits per heavy atom. The maximum absolute atomic E-state index is 13.6. The SMILES string of the molecule is CC(C)CC(NC(=O)C(CCCN=C(N)N)NC(=O)C(Cc1cnc[nH]1)NC(=O)C(N)Cc1c[nH]c2ccccc12)C(=O)O. The van der Waals surface area contributed by atoms with E-state index < -0.39 is 47.9 Å². The van der Waals surface area contributed by atoms with E-state index in [1.807, 2.05) is 38.1 Å². The number of benzene rings is 1. The second-order valence-electron chi connectivity index (χ2n) is 11.1. The molecule has 0 radical (unpaired) electrons. The number of para-hydroxylation sites is 1. The van der Waals surface area contributed by atoms with Crippen LogP contribution in [0.2, 0.25) is 0 Å². The number of amides is 3. The van der Waals surface area contributed by atoms with Gasteiger partial charge in [-0.2, -0.15) is 0 Å². The number of carbonyl (C=O) groups excluding carboxylic acids is 3. The Bertz CT molecular complexity index is 1430. The molecule has 2 aromatic heterocycles. The third-order valence-electron chi connectivity index (χ3n) is 6.96. The summed E-state index contributed by atoms with van der Waals surface area (Å²) in [6.07, 6.45) is 5.61. The maximum atomic E-state index is 13.6. The first-order valence-electron chi connectivity index (χ1n) is 14.4. The molecule has 2 heterocycles. The van der Waals surface area contributed by atoms with Gasteiger partial charge in [0.2, 0.25) is 17.7 Å². The molecule has 3 rings (SSSR count). The van der Waals surface area contributed by atoms with Gasteiger partial charge in [0.25, 0.3) is 0 Å². The maximum Gasteiger partial charge on any atom is 0.326 e. The quantitative estimate of drug-likeness (QED) is 0.0548. The number of guanidine groups is 1. The molecule has 12 N–H and O–H groups in total. The molecule has 0 saturated heterocycles. The minimum Gasteiger partial charge on any atom is -0.480 e. The van der Waals surface area contributed by atoms with E-state index in [4.69, 9.17) is 17.2 Å². The fourth-order valence-corrected chi connectivity index (χ4v) is 4.74. The smallest absolute Gasteiger partial charge is 0.326 e. The molecule has 3 aromatic rings. The normalized spacial score (nSPS) is 13.9. The number of carbonyl (C=O) groups is 4. The van der Waals surface area contributed by atoms with E-state index in [0.717, 1.165) is 16.5 Å². The summed E-state index contributed by atoms with van der Waals surface area (Å²) in [4.78, 5) is 65.8. The molecule has 0 bridgehead atoms. The van der Waals surface area contributed by atoms with E-state index in [1.165, 1.54) is 12.5 Å². The topological polar surface area (TPSA) is 259 Å². The van der Waals surface area contributed by atoms with E-state index in [2.05, 4.69) is 35.9 Å². The van der Waals surface area contributed by atoms with E-state index >= 15 is 0 Å². The van der Waals surface area contributed by atoms with E-state index in [-0.39, 0.29) is 44.1 Å². The Kier molecular flexibility index (Phi) is 12.3. The summed E-state index contributed by atoms with van der Waals surface area (Å²) in [5, 5.41) is 18.5. The van der Waals surface area contributed by atoms with Gasteiger partial charge in [0.05, 0.1) is 12.4 Å². The van der Waals surface area contributed by atoms with Crippen LogP contribution in [0.3, 0.4) is 0 Å². The van der Waals surface area contributed by atoms with Crippen molar-refractivity contribution in [3.63, 3.8) is 0 Å². The second kappa shape index (κ2) is 16.1. The van der Waals surface area contributed by atoms with Crippen LogP contribution in [0.1, 0.15) is 44.4 Å². The third-order valence-corrected chi connectivity index (χ3v) is 6.96. The molecule has 0 saturated carbocycles. The number of aromatic nitrogens is 3. The van der Waals surface area contributed by atoms with Gasteiger partial charge in [-0.05, 0) is 43.2 Å². The highest BCUT2D eigenvalue weighted by atomic mass is 16.4. The number of rotatable bonds is 17. The number of carboxylic acid groups (broad SMARTS) is 1. The zero-order chi connectivity index (χ0) is 32.2. The standard InChI is InChI=1S/C29H42N10O5/c1-16(2)10-24(28(43)44)39-26(41)22(8-5-9-34-29(31)32)37-27(42)23(12-18-14-33-15-36-18)38-25(40)20(30)11-17-13-35-21-7-4-3-6-19(17)21/h3-4,6-7,13-16,20,22-24,35H,5,8-12,30H2,1-2H3,(H,33,36)(H,37,42)(H,38,40)(H,39,41)(H,43,44)(H4,31,32,34). The van der Waals surface area contributed by atoms with Crippen molar-refractivity contribution in [3.8, 4) is 0 Å². The van der Waals surface area contributed by atoms with Crippen LogP contribution in [0.25, 0.3) is 10.9 Å². The van der Waals surface area contributed by atoms with Crippen LogP contribution in [0, 0.1) is 5.92 Å². The summed E-state index contributed by atoms with van der Waals surface area (Å²) in [6, 6.07) is 3.24. The molecule has 0 spiro atoms. The van der Waals surface area contributed by atoms with Crippen LogP contribution in [0.4, 0.5) is 0 Å². The lowest BCUT2D eigenvalue weighted by Crippen LogP contribution is -2.58. The van der Waals surface area contributed by atoms with Crippen LogP contribution in [-0.4, -0.2) is 80.4 Å². The van der Waals surface area contributed by atoms with E-state index in [1.54, 1.807) is 6.20 Å². The molecule has 4 atom stereocenters. The van der Waals surface area contributed by atoms with Gasteiger partial charge in [0.15, 0.2) is 5.96 Å². The molecule has 0 fully saturated rings. The summed E-state index contributed by atoms with van der Waals surface area (Å²) in [7, 11) is 0. The minimum absolute atomic E-state index is 0.00577. The van der Waals surface area contributed by atoms with Crippen molar-refractivity contribution in [2.45, 2.75) is 70.1 Å². The molecule has 1 aromatic carbocycles. The van der Waals surface area contributed by atoms with Gasteiger partial charge < -0.3 is 48.2 Å². The summed E-state index contributed by atoms with van der Waals surface area (Å²) in [6.45, 7) is 3.86. The fourth-order valence-electron chi connectivity index (χ4n) is 4.74. The minimum atomic E-state index is -1.19. The number of nitrogens with zero attached hydrogens (tertiary/aromatic N) is 2. The van der Waals surface area contributed by atoms with Crippen LogP contribution >= 0.6 is 0 Å². The molecule has 44 heavy (non-hydrogen) atoms. The first-order valence-corrected chi connectivity index (χ1v) is 14.4.